The van der Waals surface area contributed by atoms with Gasteiger partial charge >= 0.3 is 0 Å². The molecule has 1 atom stereocenters. The zero-order valence-electron chi connectivity index (χ0n) is 14.4. The Hall–Kier alpha value is -2.07. The van der Waals surface area contributed by atoms with Gasteiger partial charge in [0.1, 0.15) is 0 Å². The zero-order valence-corrected chi connectivity index (χ0v) is 15.2. The molecule has 0 spiro atoms. The number of hydrogen-bond acceptors (Lipinski definition) is 3. The summed E-state index contributed by atoms with van der Waals surface area (Å²) in [5.41, 5.74) is 3.40. The molecule has 0 bridgehead atoms. The van der Waals surface area contributed by atoms with Crippen molar-refractivity contribution in [3.05, 3.63) is 60.2 Å². The molecule has 2 aromatic carbocycles. The second kappa shape index (κ2) is 8.69. The fourth-order valence-corrected chi connectivity index (χ4v) is 3.42. The highest BCUT2D eigenvalue weighted by Gasteiger charge is 2.17. The van der Waals surface area contributed by atoms with Crippen molar-refractivity contribution in [2.75, 3.05) is 14.1 Å². The maximum atomic E-state index is 11.8. The first-order chi connectivity index (χ1) is 11.5. The van der Waals surface area contributed by atoms with Gasteiger partial charge < -0.3 is 4.90 Å². The molecular weight excluding hydrogens is 318 g/mol. The number of carbonyl (C=O) groups is 2. The molecule has 0 aromatic heterocycles. The SMILES string of the molecule is CC(=O)SC(CCC(=O)N(C)C)c1ccc(-c2ccccc2)cc1. The van der Waals surface area contributed by atoms with E-state index in [0.717, 1.165) is 11.1 Å². The third-order valence-corrected chi connectivity index (χ3v) is 4.94. The quantitative estimate of drug-likeness (QED) is 0.774. The van der Waals surface area contributed by atoms with Crippen molar-refractivity contribution in [3.8, 4) is 11.1 Å². The lowest BCUT2D eigenvalue weighted by Crippen LogP contribution is -2.21. The lowest BCUT2D eigenvalue weighted by atomic mass is 10.0. The van der Waals surface area contributed by atoms with Gasteiger partial charge in [0.2, 0.25) is 5.91 Å². The van der Waals surface area contributed by atoms with Crippen molar-refractivity contribution in [3.63, 3.8) is 0 Å². The molecule has 0 N–H and O–H groups in total. The van der Waals surface area contributed by atoms with Crippen LogP contribution in [0.15, 0.2) is 54.6 Å². The van der Waals surface area contributed by atoms with Gasteiger partial charge in [-0.25, -0.2) is 0 Å². The molecule has 1 amide bonds. The summed E-state index contributed by atoms with van der Waals surface area (Å²) in [4.78, 5) is 25.0. The Morgan fingerprint density at radius 1 is 0.958 bits per heavy atom. The van der Waals surface area contributed by atoms with Gasteiger partial charge in [-0.2, -0.15) is 0 Å². The van der Waals surface area contributed by atoms with Crippen LogP contribution in [0.5, 0.6) is 0 Å². The molecule has 0 aliphatic carbocycles. The minimum absolute atomic E-state index is 0.0104. The molecule has 24 heavy (non-hydrogen) atoms. The molecule has 4 heteroatoms. The lowest BCUT2D eigenvalue weighted by Gasteiger charge is -2.17. The fraction of sp³-hybridized carbons (Fsp3) is 0.300. The Bertz CT molecular complexity index is 681. The number of benzene rings is 2. The van der Waals surface area contributed by atoms with E-state index in [2.05, 4.69) is 36.4 Å². The molecule has 0 fully saturated rings. The average molecular weight is 341 g/mol. The number of thioether (sulfide) groups is 1. The van der Waals surface area contributed by atoms with Gasteiger partial charge in [0.15, 0.2) is 5.12 Å². The van der Waals surface area contributed by atoms with Gasteiger partial charge in [0, 0.05) is 32.7 Å². The van der Waals surface area contributed by atoms with Crippen LogP contribution in [0.2, 0.25) is 0 Å². The standard InChI is InChI=1S/C20H23NO2S/c1-15(22)24-19(13-14-20(23)21(2)3)18-11-9-17(10-12-18)16-7-5-4-6-8-16/h4-12,19H,13-14H2,1-3H3. The van der Waals surface area contributed by atoms with Gasteiger partial charge in [0.25, 0.3) is 0 Å². The maximum Gasteiger partial charge on any atom is 0.222 e. The lowest BCUT2D eigenvalue weighted by molar-refractivity contribution is -0.128. The first-order valence-corrected chi connectivity index (χ1v) is 8.88. The first kappa shape index (κ1) is 18.3. The second-order valence-electron chi connectivity index (χ2n) is 5.91. The Morgan fingerprint density at radius 3 is 2.08 bits per heavy atom. The van der Waals surface area contributed by atoms with Gasteiger partial charge in [-0.1, -0.05) is 66.4 Å². The van der Waals surface area contributed by atoms with Gasteiger partial charge in [-0.15, -0.1) is 0 Å². The highest BCUT2D eigenvalue weighted by atomic mass is 32.2. The van der Waals surface area contributed by atoms with Gasteiger partial charge in [-0.3, -0.25) is 9.59 Å². The Morgan fingerprint density at radius 2 is 1.54 bits per heavy atom. The summed E-state index contributed by atoms with van der Waals surface area (Å²) in [6.45, 7) is 1.57. The summed E-state index contributed by atoms with van der Waals surface area (Å²) in [6.07, 6.45) is 1.10. The van der Waals surface area contributed by atoms with Crippen LogP contribution in [0.1, 0.15) is 30.6 Å². The molecule has 2 aromatic rings. The van der Waals surface area contributed by atoms with E-state index in [9.17, 15) is 9.59 Å². The van der Waals surface area contributed by atoms with Crippen LogP contribution in [-0.2, 0) is 9.59 Å². The minimum Gasteiger partial charge on any atom is -0.349 e. The summed E-state index contributed by atoms with van der Waals surface area (Å²) in [5.74, 6) is 0.0880. The third kappa shape index (κ3) is 5.24. The number of nitrogens with zero attached hydrogens (tertiary/aromatic N) is 1. The zero-order chi connectivity index (χ0) is 17.5. The molecule has 126 valence electrons. The van der Waals surface area contributed by atoms with Crippen LogP contribution in [0.25, 0.3) is 11.1 Å². The van der Waals surface area contributed by atoms with Crippen molar-refractivity contribution in [2.45, 2.75) is 25.0 Å². The largest absolute Gasteiger partial charge is 0.349 e. The number of rotatable bonds is 6. The first-order valence-electron chi connectivity index (χ1n) is 8.00. The summed E-state index contributed by atoms with van der Waals surface area (Å²) in [5, 5.41) is 0.0839. The predicted molar refractivity (Wildman–Crippen MR) is 101 cm³/mol. The predicted octanol–water partition coefficient (Wildman–Crippen LogP) is 4.54. The topological polar surface area (TPSA) is 37.4 Å². The van der Waals surface area contributed by atoms with Crippen LogP contribution in [0.4, 0.5) is 0 Å². The highest BCUT2D eigenvalue weighted by molar-refractivity contribution is 8.13. The van der Waals surface area contributed by atoms with E-state index >= 15 is 0 Å². The van der Waals surface area contributed by atoms with Crippen LogP contribution < -0.4 is 0 Å². The molecule has 0 aliphatic rings. The molecule has 0 radical (unpaired) electrons. The number of hydrogen-bond donors (Lipinski definition) is 0. The summed E-state index contributed by atoms with van der Waals surface area (Å²) >= 11 is 1.30. The maximum absolute atomic E-state index is 11.8. The van der Waals surface area contributed by atoms with Crippen molar-refractivity contribution in [2.24, 2.45) is 0 Å². The molecule has 0 heterocycles. The second-order valence-corrected chi connectivity index (χ2v) is 7.29. The average Bonchev–Trinajstić information content (AvgIpc) is 2.59. The van der Waals surface area contributed by atoms with Gasteiger partial charge in [0.05, 0.1) is 0 Å². The smallest absolute Gasteiger partial charge is 0.222 e. The van der Waals surface area contributed by atoms with E-state index in [1.807, 2.05) is 18.2 Å². The van der Waals surface area contributed by atoms with Crippen LogP contribution in [0, 0.1) is 0 Å². The normalized spacial score (nSPS) is 11.8. The van der Waals surface area contributed by atoms with E-state index in [0.29, 0.717) is 12.8 Å². The summed E-state index contributed by atoms with van der Waals surface area (Å²) in [6, 6.07) is 18.5. The van der Waals surface area contributed by atoms with E-state index in [-0.39, 0.29) is 16.3 Å². The van der Waals surface area contributed by atoms with Gasteiger partial charge in [-0.05, 0) is 23.1 Å². The molecule has 1 unspecified atom stereocenters. The van der Waals surface area contributed by atoms with Crippen LogP contribution in [-0.4, -0.2) is 30.0 Å². The van der Waals surface area contributed by atoms with E-state index in [1.165, 1.54) is 17.3 Å². The number of amides is 1. The molecule has 0 aliphatic heterocycles. The molecular formula is C20H23NO2S. The van der Waals surface area contributed by atoms with E-state index < -0.39 is 0 Å². The molecule has 0 saturated heterocycles. The van der Waals surface area contributed by atoms with Crippen LogP contribution in [0.3, 0.4) is 0 Å². The molecule has 2 rings (SSSR count). The van der Waals surface area contributed by atoms with Crippen molar-refractivity contribution in [1.29, 1.82) is 0 Å². The van der Waals surface area contributed by atoms with E-state index in [4.69, 9.17) is 0 Å². The van der Waals surface area contributed by atoms with Crippen molar-refractivity contribution < 1.29 is 9.59 Å². The Balaban J connectivity index is 2.14. The Kier molecular flexibility index (Phi) is 6.62. The Labute approximate surface area is 148 Å². The summed E-state index contributed by atoms with van der Waals surface area (Å²) < 4.78 is 0. The fourth-order valence-electron chi connectivity index (χ4n) is 2.49. The molecule has 3 nitrogen and oxygen atoms in total. The third-order valence-electron chi connectivity index (χ3n) is 3.82. The monoisotopic (exact) mass is 341 g/mol. The minimum atomic E-state index is 0.0104. The van der Waals surface area contributed by atoms with Crippen molar-refractivity contribution in [1.82, 2.24) is 4.90 Å². The van der Waals surface area contributed by atoms with Crippen LogP contribution >= 0.6 is 11.8 Å². The molecule has 0 saturated carbocycles. The highest BCUT2D eigenvalue weighted by Crippen LogP contribution is 2.35. The van der Waals surface area contributed by atoms with E-state index in [1.54, 1.807) is 25.9 Å². The number of carbonyl (C=O) groups excluding carboxylic acids is 2. The van der Waals surface area contributed by atoms with Crippen molar-refractivity contribution >= 4 is 22.8 Å². The summed E-state index contributed by atoms with van der Waals surface area (Å²) in [7, 11) is 3.51.